The maximum atomic E-state index is 9.90. The number of rotatable bonds is 2. The van der Waals surface area contributed by atoms with Crippen LogP contribution < -0.4 is 5.11 Å². The van der Waals surface area contributed by atoms with E-state index in [4.69, 9.17) is 0 Å². The summed E-state index contributed by atoms with van der Waals surface area (Å²) in [6, 6.07) is 0. The van der Waals surface area contributed by atoms with Gasteiger partial charge in [-0.15, -0.1) is 0 Å². The summed E-state index contributed by atoms with van der Waals surface area (Å²) in [5.41, 5.74) is 0. The molecule has 1 amide bonds. The Morgan fingerprint density at radius 2 is 2.38 bits per heavy atom. The number of carbonyl (C=O) groups is 1. The zero-order chi connectivity index (χ0) is 6.57. The molecule has 0 saturated heterocycles. The van der Waals surface area contributed by atoms with Crippen molar-refractivity contribution in [2.24, 2.45) is 0 Å². The molecule has 0 saturated carbocycles. The number of hydrogen-bond acceptors (Lipinski definition) is 2. The molecule has 0 aromatic rings. The molecule has 0 aromatic heterocycles. The zero-order valence-electron chi connectivity index (χ0n) is 4.59. The molecule has 45 valence electrons. The van der Waals surface area contributed by atoms with Crippen molar-refractivity contribution in [2.45, 2.75) is 0 Å². The van der Waals surface area contributed by atoms with E-state index in [-0.39, 0.29) is 13.1 Å². The highest BCUT2D eigenvalue weighted by atomic mass is 16.4. The van der Waals surface area contributed by atoms with Crippen molar-refractivity contribution in [1.29, 1.82) is 0 Å². The van der Waals surface area contributed by atoms with Crippen molar-refractivity contribution >= 4 is 6.09 Å². The van der Waals surface area contributed by atoms with Crippen LogP contribution in [-0.2, 0) is 0 Å². The minimum absolute atomic E-state index is 0.200. The molecular formula is C5H8NO2. The molecule has 0 fully saturated rings. The molecular weight excluding hydrogens is 106 g/mol. The first-order valence-electron chi connectivity index (χ1n) is 2.26. The van der Waals surface area contributed by atoms with Gasteiger partial charge in [-0.05, 0) is 6.92 Å². The van der Waals surface area contributed by atoms with Gasteiger partial charge in [-0.3, -0.25) is 0 Å². The third-order valence-corrected chi connectivity index (χ3v) is 0.798. The van der Waals surface area contributed by atoms with Gasteiger partial charge in [0.25, 0.3) is 0 Å². The molecule has 0 rings (SSSR count). The largest absolute Gasteiger partial charge is 0.530 e. The first-order chi connectivity index (χ1) is 3.72. The maximum absolute atomic E-state index is 9.90. The molecule has 0 bridgehead atoms. The normalized spacial score (nSPS) is 8.62. The summed E-state index contributed by atoms with van der Waals surface area (Å²) >= 11 is 0. The maximum Gasteiger partial charge on any atom is 0.158 e. The van der Waals surface area contributed by atoms with E-state index < -0.39 is 6.09 Å². The molecule has 0 spiro atoms. The van der Waals surface area contributed by atoms with Crippen LogP contribution in [0.25, 0.3) is 0 Å². The molecule has 0 aliphatic heterocycles. The summed E-state index contributed by atoms with van der Waals surface area (Å²) < 4.78 is 0. The third-order valence-electron chi connectivity index (χ3n) is 0.798. The fourth-order valence-corrected chi connectivity index (χ4v) is 0.294. The van der Waals surface area contributed by atoms with E-state index in [1.54, 1.807) is 0 Å². The van der Waals surface area contributed by atoms with Gasteiger partial charge in [0, 0.05) is 6.54 Å². The topological polar surface area (TPSA) is 43.4 Å². The molecule has 3 nitrogen and oxygen atoms in total. The van der Waals surface area contributed by atoms with Gasteiger partial charge in [0.05, 0.1) is 6.92 Å². The van der Waals surface area contributed by atoms with Gasteiger partial charge < -0.3 is 14.8 Å². The Balaban J connectivity index is 3.52. The van der Waals surface area contributed by atoms with Crippen molar-refractivity contribution in [3.63, 3.8) is 0 Å². The van der Waals surface area contributed by atoms with Gasteiger partial charge in [0.15, 0.2) is 6.54 Å². The van der Waals surface area contributed by atoms with Crippen molar-refractivity contribution in [2.75, 3.05) is 13.1 Å². The average Bonchev–Trinajstić information content (AvgIpc) is 1.69. The van der Waals surface area contributed by atoms with E-state index in [1.165, 1.54) is 0 Å². The fourth-order valence-electron chi connectivity index (χ4n) is 0.294. The monoisotopic (exact) mass is 114 g/mol. The molecule has 0 atom stereocenters. The smallest absolute Gasteiger partial charge is 0.158 e. The highest BCUT2D eigenvalue weighted by molar-refractivity contribution is 5.62. The summed E-state index contributed by atoms with van der Waals surface area (Å²) in [6.07, 6.45) is -1.21. The second-order valence-corrected chi connectivity index (χ2v) is 1.25. The Morgan fingerprint density at radius 3 is 2.38 bits per heavy atom. The van der Waals surface area contributed by atoms with Crippen LogP contribution in [0.1, 0.15) is 0 Å². The number of carbonyl (C=O) groups excluding carboxylic acids is 1. The van der Waals surface area contributed by atoms with Crippen LogP contribution in [0.5, 0.6) is 0 Å². The van der Waals surface area contributed by atoms with Crippen LogP contribution in [0.3, 0.4) is 0 Å². The predicted octanol–water partition coefficient (Wildman–Crippen LogP) is -0.700. The molecule has 0 aliphatic rings. The van der Waals surface area contributed by atoms with E-state index in [1.807, 2.05) is 0 Å². The zero-order valence-corrected chi connectivity index (χ0v) is 4.59. The first-order valence-corrected chi connectivity index (χ1v) is 2.26. The van der Waals surface area contributed by atoms with Crippen LogP contribution in [-0.4, -0.2) is 24.1 Å². The van der Waals surface area contributed by atoms with Crippen LogP contribution in [0.2, 0.25) is 0 Å². The van der Waals surface area contributed by atoms with Gasteiger partial charge >= 0.3 is 0 Å². The summed E-state index contributed by atoms with van der Waals surface area (Å²) in [5, 5.41) is 9.90. The number of nitrogens with zero attached hydrogens (tertiary/aromatic N) is 1. The molecule has 0 aromatic carbocycles. The Kier molecular flexibility index (Phi) is 2.84. The Bertz CT molecular complexity index is 78.5. The van der Waals surface area contributed by atoms with Crippen molar-refractivity contribution < 1.29 is 9.90 Å². The summed E-state index contributed by atoms with van der Waals surface area (Å²) in [4.78, 5) is 10.9. The van der Waals surface area contributed by atoms with Crippen LogP contribution in [0, 0.1) is 13.8 Å². The lowest BCUT2D eigenvalue weighted by atomic mass is 10.6. The number of amides is 1. The van der Waals surface area contributed by atoms with E-state index in [0.29, 0.717) is 0 Å². The molecule has 3 heteroatoms. The lowest BCUT2D eigenvalue weighted by Crippen LogP contribution is -2.40. The summed E-state index contributed by atoms with van der Waals surface area (Å²) in [6.45, 7) is 7.09. The highest BCUT2D eigenvalue weighted by Gasteiger charge is 1.97. The van der Waals surface area contributed by atoms with E-state index >= 15 is 0 Å². The lowest BCUT2D eigenvalue weighted by molar-refractivity contribution is -0.264. The predicted molar refractivity (Wildman–Crippen MR) is 27.7 cm³/mol. The van der Waals surface area contributed by atoms with Gasteiger partial charge in [-0.25, -0.2) is 0 Å². The molecule has 0 N–H and O–H groups in total. The quantitative estimate of drug-likeness (QED) is 0.445. The van der Waals surface area contributed by atoms with Gasteiger partial charge in [0.1, 0.15) is 6.09 Å². The van der Waals surface area contributed by atoms with Crippen LogP contribution in [0.15, 0.2) is 0 Å². The minimum atomic E-state index is -1.21. The van der Waals surface area contributed by atoms with Gasteiger partial charge in [-0.2, -0.15) is 0 Å². The van der Waals surface area contributed by atoms with Gasteiger partial charge in [-0.1, -0.05) is 0 Å². The van der Waals surface area contributed by atoms with Crippen molar-refractivity contribution in [3.05, 3.63) is 13.8 Å². The van der Waals surface area contributed by atoms with Gasteiger partial charge in [0.2, 0.25) is 0 Å². The minimum Gasteiger partial charge on any atom is -0.530 e. The molecule has 1 radical (unpaired) electrons. The molecule has 0 aliphatic carbocycles. The van der Waals surface area contributed by atoms with E-state index in [0.717, 1.165) is 4.90 Å². The third kappa shape index (κ3) is 1.73. The molecule has 0 heterocycles. The second kappa shape index (κ2) is 3.18. The Labute approximate surface area is 48.9 Å². The van der Waals surface area contributed by atoms with Crippen LogP contribution in [0.4, 0.5) is 4.79 Å². The highest BCUT2D eigenvalue weighted by Crippen LogP contribution is 1.81. The fraction of sp³-hybridized carbons (Fsp3) is 0.400. The molecule has 0 unspecified atom stereocenters. The van der Waals surface area contributed by atoms with Crippen molar-refractivity contribution in [1.82, 2.24) is 4.90 Å². The second-order valence-electron chi connectivity index (χ2n) is 1.25. The first kappa shape index (κ1) is 7.14. The molecule has 8 heavy (non-hydrogen) atoms. The standard InChI is InChI=1S/C5H8NO2/c1-3-6(4-2)5(7)8/h1-4H2. The van der Waals surface area contributed by atoms with E-state index in [9.17, 15) is 9.90 Å². The van der Waals surface area contributed by atoms with Crippen molar-refractivity contribution in [3.8, 4) is 0 Å². The number of carboxylic acid groups (broad SMARTS) is 1. The summed E-state index contributed by atoms with van der Waals surface area (Å²) in [7, 11) is 0. The Hall–Kier alpha value is -0.860. The summed E-state index contributed by atoms with van der Waals surface area (Å²) in [5.74, 6) is 0. The Morgan fingerprint density at radius 1 is 1.88 bits per heavy atom. The lowest BCUT2D eigenvalue weighted by Gasteiger charge is -2.16. The average molecular weight is 114 g/mol. The van der Waals surface area contributed by atoms with E-state index in [2.05, 4.69) is 13.8 Å². The number of hydrogen-bond donors (Lipinski definition) is 0. The van der Waals surface area contributed by atoms with Crippen LogP contribution >= 0.6 is 0 Å². The SMILES string of the molecule is [CH2]CN(C[CH2+])C(=O)[O-].